The number of nitrogens with zero attached hydrogens (tertiary/aromatic N) is 3. The molecule has 1 heterocycles. The minimum absolute atomic E-state index is 0.117. The van der Waals surface area contributed by atoms with Gasteiger partial charge >= 0.3 is 6.18 Å². The van der Waals surface area contributed by atoms with Crippen LogP contribution in [0, 0.1) is 0 Å². The maximum absolute atomic E-state index is 12.7. The first-order valence-corrected chi connectivity index (χ1v) is 7.05. The van der Waals surface area contributed by atoms with Crippen LogP contribution in [0.3, 0.4) is 0 Å². The molecule has 120 valence electrons. The number of nitrogens with two attached hydrogens (primary N) is 1. The van der Waals surface area contributed by atoms with Crippen LogP contribution in [-0.2, 0) is 6.18 Å². The molecule has 0 aliphatic rings. The van der Waals surface area contributed by atoms with Crippen LogP contribution < -0.4 is 5.73 Å². The number of anilines is 1. The third kappa shape index (κ3) is 3.08. The monoisotopic (exact) mass is 312 g/mol. The van der Waals surface area contributed by atoms with Crippen molar-refractivity contribution in [1.29, 1.82) is 0 Å². The van der Waals surface area contributed by atoms with E-state index >= 15 is 0 Å². The number of rotatable bonds is 3. The lowest BCUT2D eigenvalue weighted by atomic mass is 9.94. The molecule has 1 aromatic heterocycles. The van der Waals surface area contributed by atoms with Crippen molar-refractivity contribution in [2.75, 3.05) is 5.73 Å². The largest absolute Gasteiger partial charge is 0.453 e. The highest BCUT2D eigenvalue weighted by Gasteiger charge is 2.37. The van der Waals surface area contributed by atoms with Crippen LogP contribution in [0.4, 0.5) is 19.1 Å². The Morgan fingerprint density at radius 3 is 2.18 bits per heavy atom. The van der Waals surface area contributed by atoms with Crippen LogP contribution in [0.1, 0.15) is 56.5 Å². The highest BCUT2D eigenvalue weighted by atomic mass is 19.4. The number of aromatic nitrogens is 3. The lowest BCUT2D eigenvalue weighted by Gasteiger charge is -2.16. The first-order valence-electron chi connectivity index (χ1n) is 7.05. The maximum Gasteiger partial charge on any atom is 0.453 e. The Morgan fingerprint density at radius 1 is 1.09 bits per heavy atom. The van der Waals surface area contributed by atoms with E-state index in [9.17, 15) is 13.2 Å². The Balaban J connectivity index is 2.60. The Morgan fingerprint density at radius 2 is 1.73 bits per heavy atom. The van der Waals surface area contributed by atoms with Crippen LogP contribution in [0.25, 0.3) is 5.69 Å². The van der Waals surface area contributed by atoms with Crippen molar-refractivity contribution in [3.05, 3.63) is 35.2 Å². The summed E-state index contributed by atoms with van der Waals surface area (Å²) in [6.07, 6.45) is -4.62. The summed E-state index contributed by atoms with van der Waals surface area (Å²) >= 11 is 0. The molecule has 0 bridgehead atoms. The first-order chi connectivity index (χ1) is 10.1. The van der Waals surface area contributed by atoms with Crippen molar-refractivity contribution in [3.8, 4) is 5.69 Å². The van der Waals surface area contributed by atoms with Gasteiger partial charge in [0, 0.05) is 0 Å². The molecule has 7 heteroatoms. The second-order valence-electron chi connectivity index (χ2n) is 5.83. The van der Waals surface area contributed by atoms with Gasteiger partial charge in [0.1, 0.15) is 0 Å². The predicted octanol–water partition coefficient (Wildman–Crippen LogP) is 4.12. The van der Waals surface area contributed by atoms with Crippen LogP contribution in [0.2, 0.25) is 0 Å². The summed E-state index contributed by atoms with van der Waals surface area (Å²) in [5.41, 5.74) is 8.15. The molecule has 0 aliphatic carbocycles. The van der Waals surface area contributed by atoms with Gasteiger partial charge in [-0.05, 0) is 29.0 Å². The predicted molar refractivity (Wildman–Crippen MR) is 79.0 cm³/mol. The molecule has 0 atom stereocenters. The number of hydrogen-bond acceptors (Lipinski definition) is 3. The van der Waals surface area contributed by atoms with Crippen LogP contribution >= 0.6 is 0 Å². The van der Waals surface area contributed by atoms with Gasteiger partial charge in [-0.15, -0.1) is 5.10 Å². The molecule has 0 spiro atoms. The zero-order valence-corrected chi connectivity index (χ0v) is 12.9. The molecule has 0 aliphatic heterocycles. The summed E-state index contributed by atoms with van der Waals surface area (Å²) in [6, 6.07) is 5.61. The molecule has 22 heavy (non-hydrogen) atoms. The molecule has 1 aromatic carbocycles. The van der Waals surface area contributed by atoms with E-state index in [1.54, 1.807) is 6.07 Å². The molecule has 0 saturated heterocycles. The molecular weight excluding hydrogens is 293 g/mol. The lowest BCUT2D eigenvalue weighted by Crippen LogP contribution is -2.10. The summed E-state index contributed by atoms with van der Waals surface area (Å²) in [5.74, 6) is -1.06. The molecule has 4 nitrogen and oxygen atoms in total. The molecule has 0 unspecified atom stereocenters. The minimum atomic E-state index is -4.62. The molecule has 2 N–H and O–H groups in total. The van der Waals surface area contributed by atoms with Crippen LogP contribution in [-0.4, -0.2) is 14.8 Å². The zero-order valence-electron chi connectivity index (χ0n) is 12.9. The van der Waals surface area contributed by atoms with E-state index in [0.717, 1.165) is 15.8 Å². The van der Waals surface area contributed by atoms with Gasteiger partial charge in [0.2, 0.25) is 5.95 Å². The standard InChI is InChI=1S/C15H19F3N4/c1-8(2)10-5-6-12(11(7-10)9(3)4)22-14(19)20-13(21-22)15(16,17)18/h5-9H,1-4H3,(H2,19,20,21). The van der Waals surface area contributed by atoms with Gasteiger partial charge in [0.05, 0.1) is 5.69 Å². The zero-order chi connectivity index (χ0) is 16.7. The molecule has 2 rings (SSSR count). The topological polar surface area (TPSA) is 56.7 Å². The summed E-state index contributed by atoms with van der Waals surface area (Å²) in [6.45, 7) is 8.07. The fourth-order valence-corrected chi connectivity index (χ4v) is 2.21. The van der Waals surface area contributed by atoms with Gasteiger partial charge in [-0.25, -0.2) is 0 Å². The van der Waals surface area contributed by atoms with Gasteiger partial charge in [0.15, 0.2) is 0 Å². The highest BCUT2D eigenvalue weighted by Crippen LogP contribution is 2.31. The maximum atomic E-state index is 12.7. The second kappa shape index (κ2) is 5.62. The third-order valence-corrected chi connectivity index (χ3v) is 3.45. The fourth-order valence-electron chi connectivity index (χ4n) is 2.21. The van der Waals surface area contributed by atoms with Crippen molar-refractivity contribution < 1.29 is 13.2 Å². The normalized spacial score (nSPS) is 12.4. The van der Waals surface area contributed by atoms with Gasteiger partial charge in [-0.3, -0.25) is 0 Å². The number of halogens is 3. The number of benzene rings is 1. The second-order valence-corrected chi connectivity index (χ2v) is 5.83. The molecule has 2 aromatic rings. The van der Waals surface area contributed by atoms with Gasteiger partial charge in [0.25, 0.3) is 5.82 Å². The number of nitrogen functional groups attached to an aromatic ring is 1. The van der Waals surface area contributed by atoms with Crippen LogP contribution in [0.5, 0.6) is 0 Å². The van der Waals surface area contributed by atoms with Crippen molar-refractivity contribution in [2.24, 2.45) is 0 Å². The summed E-state index contributed by atoms with van der Waals surface area (Å²) in [7, 11) is 0. The molecule has 0 amide bonds. The van der Waals surface area contributed by atoms with Gasteiger partial charge < -0.3 is 5.73 Å². The third-order valence-electron chi connectivity index (χ3n) is 3.45. The Bertz CT molecular complexity index is 672. The summed E-state index contributed by atoms with van der Waals surface area (Å²) in [4.78, 5) is 3.32. The summed E-state index contributed by atoms with van der Waals surface area (Å²) < 4.78 is 39.3. The van der Waals surface area contributed by atoms with E-state index in [4.69, 9.17) is 5.73 Å². The van der Waals surface area contributed by atoms with Gasteiger partial charge in [-0.1, -0.05) is 39.8 Å². The fraction of sp³-hybridized carbons (Fsp3) is 0.467. The Kier molecular flexibility index (Phi) is 4.17. The van der Waals surface area contributed by atoms with E-state index < -0.39 is 12.0 Å². The minimum Gasteiger partial charge on any atom is -0.368 e. The van der Waals surface area contributed by atoms with Crippen molar-refractivity contribution in [1.82, 2.24) is 14.8 Å². The quantitative estimate of drug-likeness (QED) is 0.927. The summed E-state index contributed by atoms with van der Waals surface area (Å²) in [5, 5.41) is 3.52. The Hall–Kier alpha value is -2.05. The van der Waals surface area contributed by atoms with E-state index in [2.05, 4.69) is 23.9 Å². The average molecular weight is 312 g/mol. The average Bonchev–Trinajstić information content (AvgIpc) is 2.79. The van der Waals surface area contributed by atoms with E-state index in [1.807, 2.05) is 26.0 Å². The van der Waals surface area contributed by atoms with Crippen molar-refractivity contribution in [2.45, 2.75) is 45.7 Å². The molecule has 0 fully saturated rings. The molecular formula is C15H19F3N4. The highest BCUT2D eigenvalue weighted by molar-refractivity contribution is 5.48. The molecule has 0 radical (unpaired) electrons. The molecule has 0 saturated carbocycles. The first kappa shape index (κ1) is 16.3. The SMILES string of the molecule is CC(C)c1ccc(-n2nc(C(F)(F)F)nc2N)c(C(C)C)c1. The van der Waals surface area contributed by atoms with E-state index in [-0.39, 0.29) is 11.9 Å². The number of alkyl halides is 3. The van der Waals surface area contributed by atoms with Crippen molar-refractivity contribution >= 4 is 5.95 Å². The van der Waals surface area contributed by atoms with Crippen molar-refractivity contribution in [3.63, 3.8) is 0 Å². The van der Waals surface area contributed by atoms with Gasteiger partial charge in [-0.2, -0.15) is 22.8 Å². The van der Waals surface area contributed by atoms with Crippen LogP contribution in [0.15, 0.2) is 18.2 Å². The Labute approximate surface area is 127 Å². The smallest absolute Gasteiger partial charge is 0.368 e. The van der Waals surface area contributed by atoms with E-state index in [1.165, 1.54) is 0 Å². The number of hydrogen-bond donors (Lipinski definition) is 1. The lowest BCUT2D eigenvalue weighted by molar-refractivity contribution is -0.144. The van der Waals surface area contributed by atoms with E-state index in [0.29, 0.717) is 11.6 Å².